The van der Waals surface area contributed by atoms with E-state index in [0.717, 1.165) is 11.8 Å². The van der Waals surface area contributed by atoms with Crippen LogP contribution in [-0.2, 0) is 4.79 Å². The van der Waals surface area contributed by atoms with Crippen LogP contribution in [0.3, 0.4) is 0 Å². The minimum absolute atomic E-state index is 0.303. The molecule has 1 aromatic carbocycles. The average Bonchev–Trinajstić information content (AvgIpc) is 2.28. The Balaban J connectivity index is 3.03. The SMILES string of the molecule is CCOc1cc([C@H](Br)C=O)ccc1OC. The highest BCUT2D eigenvalue weighted by Crippen LogP contribution is 2.32. The molecule has 15 heavy (non-hydrogen) atoms. The number of benzene rings is 1. The summed E-state index contributed by atoms with van der Waals surface area (Å²) < 4.78 is 10.5. The van der Waals surface area contributed by atoms with E-state index in [9.17, 15) is 4.79 Å². The van der Waals surface area contributed by atoms with E-state index in [1.165, 1.54) is 0 Å². The molecule has 1 aromatic rings. The lowest BCUT2D eigenvalue weighted by Gasteiger charge is -2.11. The number of ether oxygens (including phenoxy) is 2. The van der Waals surface area contributed by atoms with Crippen LogP contribution in [0.5, 0.6) is 11.5 Å². The summed E-state index contributed by atoms with van der Waals surface area (Å²) >= 11 is 3.25. The molecule has 3 nitrogen and oxygen atoms in total. The van der Waals surface area contributed by atoms with Crippen molar-refractivity contribution in [1.82, 2.24) is 0 Å². The molecule has 0 aliphatic heterocycles. The number of hydrogen-bond acceptors (Lipinski definition) is 3. The van der Waals surface area contributed by atoms with Crippen LogP contribution >= 0.6 is 15.9 Å². The van der Waals surface area contributed by atoms with E-state index < -0.39 is 0 Å². The van der Waals surface area contributed by atoms with Crippen LogP contribution in [0.2, 0.25) is 0 Å². The number of hydrogen-bond donors (Lipinski definition) is 0. The summed E-state index contributed by atoms with van der Waals surface area (Å²) in [5, 5.41) is 0. The summed E-state index contributed by atoms with van der Waals surface area (Å²) in [6.07, 6.45) is 0.831. The highest BCUT2D eigenvalue weighted by Gasteiger charge is 2.10. The van der Waals surface area contributed by atoms with E-state index >= 15 is 0 Å². The van der Waals surface area contributed by atoms with Crippen molar-refractivity contribution in [2.24, 2.45) is 0 Å². The molecule has 0 unspecified atom stereocenters. The molecule has 0 radical (unpaired) electrons. The summed E-state index contributed by atoms with van der Waals surface area (Å²) in [7, 11) is 1.59. The Hall–Kier alpha value is -1.03. The van der Waals surface area contributed by atoms with Gasteiger partial charge in [0.25, 0.3) is 0 Å². The zero-order valence-electron chi connectivity index (χ0n) is 8.70. The molecule has 0 fully saturated rings. The number of alkyl halides is 1. The third-order valence-electron chi connectivity index (χ3n) is 1.93. The molecule has 0 heterocycles. The van der Waals surface area contributed by atoms with Gasteiger partial charge in [-0.1, -0.05) is 22.0 Å². The minimum Gasteiger partial charge on any atom is -0.493 e. The zero-order chi connectivity index (χ0) is 11.3. The average molecular weight is 273 g/mol. The molecule has 0 amide bonds. The standard InChI is InChI=1S/C11H13BrO3/c1-3-15-11-6-8(9(12)7-13)4-5-10(11)14-2/h4-7,9H,3H2,1-2H3/t9-/m1/s1. The second kappa shape index (κ2) is 5.75. The molecule has 0 spiro atoms. The van der Waals surface area contributed by atoms with Gasteiger partial charge in [0.15, 0.2) is 11.5 Å². The van der Waals surface area contributed by atoms with Gasteiger partial charge in [-0.15, -0.1) is 0 Å². The van der Waals surface area contributed by atoms with Crippen LogP contribution in [0.15, 0.2) is 18.2 Å². The first-order valence-corrected chi connectivity index (χ1v) is 5.54. The molecule has 0 aliphatic carbocycles. The predicted octanol–water partition coefficient (Wildman–Crippen LogP) is 2.73. The Kier molecular flexibility index (Phi) is 4.62. The van der Waals surface area contributed by atoms with Crippen molar-refractivity contribution in [2.45, 2.75) is 11.8 Å². The van der Waals surface area contributed by atoms with E-state index in [1.807, 2.05) is 13.0 Å². The van der Waals surface area contributed by atoms with Crippen molar-refractivity contribution < 1.29 is 14.3 Å². The van der Waals surface area contributed by atoms with Gasteiger partial charge in [0.2, 0.25) is 0 Å². The van der Waals surface area contributed by atoms with E-state index in [2.05, 4.69) is 15.9 Å². The van der Waals surface area contributed by atoms with Gasteiger partial charge in [0, 0.05) is 0 Å². The van der Waals surface area contributed by atoms with Gasteiger partial charge in [-0.3, -0.25) is 0 Å². The number of aldehydes is 1. The summed E-state index contributed by atoms with van der Waals surface area (Å²) in [5.41, 5.74) is 0.856. The van der Waals surface area contributed by atoms with Crippen LogP contribution in [0, 0.1) is 0 Å². The maximum atomic E-state index is 10.6. The van der Waals surface area contributed by atoms with Gasteiger partial charge in [-0.25, -0.2) is 0 Å². The maximum absolute atomic E-state index is 10.6. The number of halogens is 1. The fourth-order valence-electron chi connectivity index (χ4n) is 1.21. The molecule has 1 atom stereocenters. The first-order chi connectivity index (χ1) is 7.22. The van der Waals surface area contributed by atoms with Gasteiger partial charge in [0.05, 0.1) is 18.5 Å². The highest BCUT2D eigenvalue weighted by molar-refractivity contribution is 9.09. The number of carbonyl (C=O) groups is 1. The number of methoxy groups -OCH3 is 1. The quantitative estimate of drug-likeness (QED) is 0.611. The second-order valence-corrected chi connectivity index (χ2v) is 3.87. The van der Waals surface area contributed by atoms with E-state index in [0.29, 0.717) is 18.1 Å². The Bertz CT molecular complexity index is 339. The first kappa shape index (κ1) is 12.0. The molecule has 0 aliphatic rings. The lowest BCUT2D eigenvalue weighted by molar-refractivity contribution is -0.107. The Morgan fingerprint density at radius 2 is 2.20 bits per heavy atom. The van der Waals surface area contributed by atoms with Gasteiger partial charge in [0.1, 0.15) is 6.29 Å². The van der Waals surface area contributed by atoms with Crippen LogP contribution in [0.1, 0.15) is 17.3 Å². The molecular weight excluding hydrogens is 260 g/mol. The molecule has 82 valence electrons. The smallest absolute Gasteiger partial charge is 0.161 e. The second-order valence-electron chi connectivity index (χ2n) is 2.88. The molecule has 0 N–H and O–H groups in total. The van der Waals surface area contributed by atoms with Gasteiger partial charge < -0.3 is 14.3 Å². The van der Waals surface area contributed by atoms with Crippen LogP contribution in [0.4, 0.5) is 0 Å². The van der Waals surface area contributed by atoms with Crippen molar-refractivity contribution >= 4 is 22.2 Å². The Labute approximate surface area is 97.5 Å². The lowest BCUT2D eigenvalue weighted by atomic mass is 10.1. The number of rotatable bonds is 5. The van der Waals surface area contributed by atoms with E-state index in [4.69, 9.17) is 9.47 Å². The fourth-order valence-corrected chi connectivity index (χ4v) is 1.50. The highest BCUT2D eigenvalue weighted by atomic mass is 79.9. The third kappa shape index (κ3) is 2.96. The van der Waals surface area contributed by atoms with Gasteiger partial charge in [-0.2, -0.15) is 0 Å². The van der Waals surface area contributed by atoms with Crippen LogP contribution in [-0.4, -0.2) is 20.0 Å². The molecule has 0 saturated heterocycles. The summed E-state index contributed by atoms with van der Waals surface area (Å²) in [6, 6.07) is 5.42. The molecule has 0 bridgehead atoms. The Morgan fingerprint density at radius 3 is 2.73 bits per heavy atom. The molecule has 1 rings (SSSR count). The van der Waals surface area contributed by atoms with Crippen molar-refractivity contribution in [3.05, 3.63) is 23.8 Å². The van der Waals surface area contributed by atoms with Crippen molar-refractivity contribution in [1.29, 1.82) is 0 Å². The fraction of sp³-hybridized carbons (Fsp3) is 0.364. The largest absolute Gasteiger partial charge is 0.493 e. The molecular formula is C11H13BrO3. The van der Waals surface area contributed by atoms with Crippen molar-refractivity contribution in [3.8, 4) is 11.5 Å². The predicted molar refractivity (Wildman–Crippen MR) is 61.9 cm³/mol. The van der Waals surface area contributed by atoms with E-state index in [-0.39, 0.29) is 4.83 Å². The first-order valence-electron chi connectivity index (χ1n) is 4.63. The van der Waals surface area contributed by atoms with Crippen LogP contribution in [0.25, 0.3) is 0 Å². The third-order valence-corrected chi connectivity index (χ3v) is 2.67. The maximum Gasteiger partial charge on any atom is 0.161 e. The van der Waals surface area contributed by atoms with Crippen LogP contribution < -0.4 is 9.47 Å². The topological polar surface area (TPSA) is 35.5 Å². The summed E-state index contributed by atoms with van der Waals surface area (Å²) in [4.78, 5) is 10.3. The zero-order valence-corrected chi connectivity index (χ0v) is 10.3. The molecule has 0 aromatic heterocycles. The summed E-state index contributed by atoms with van der Waals surface area (Å²) in [6.45, 7) is 2.46. The molecule has 4 heteroatoms. The Morgan fingerprint density at radius 1 is 1.47 bits per heavy atom. The normalized spacial score (nSPS) is 11.9. The monoisotopic (exact) mass is 272 g/mol. The van der Waals surface area contributed by atoms with Crippen molar-refractivity contribution in [2.75, 3.05) is 13.7 Å². The summed E-state index contributed by atoms with van der Waals surface area (Å²) in [5.74, 6) is 1.33. The molecule has 0 saturated carbocycles. The van der Waals surface area contributed by atoms with Crippen molar-refractivity contribution in [3.63, 3.8) is 0 Å². The van der Waals surface area contributed by atoms with Gasteiger partial charge >= 0.3 is 0 Å². The van der Waals surface area contributed by atoms with Gasteiger partial charge in [-0.05, 0) is 24.6 Å². The minimum atomic E-state index is -0.303. The van der Waals surface area contributed by atoms with E-state index in [1.54, 1.807) is 19.2 Å². The number of carbonyl (C=O) groups excluding carboxylic acids is 1. The lowest BCUT2D eigenvalue weighted by Crippen LogP contribution is -1.98.